The Kier molecular flexibility index (Phi) is 8.15. The van der Waals surface area contributed by atoms with Crippen LogP contribution in [0.25, 0.3) is 0 Å². The topological polar surface area (TPSA) is 121 Å². The highest BCUT2D eigenvalue weighted by Gasteiger charge is 2.71. The number of ether oxygens (including phenoxy) is 3. The van der Waals surface area contributed by atoms with Crippen molar-refractivity contribution in [3.05, 3.63) is 22.7 Å². The maximum Gasteiger partial charge on any atom is 0.412 e. The van der Waals surface area contributed by atoms with Gasteiger partial charge in [0.1, 0.15) is 18.5 Å². The summed E-state index contributed by atoms with van der Waals surface area (Å²) in [5.41, 5.74) is -4.58. The normalized spacial score (nSPS) is 25.2. The molecule has 0 aromatic carbocycles. The molecular formula is C19H31F2N3O7Si. The lowest BCUT2D eigenvalue weighted by Crippen LogP contribution is -2.58. The van der Waals surface area contributed by atoms with Crippen molar-refractivity contribution in [2.75, 3.05) is 32.2 Å². The molecule has 0 unspecified atom stereocenters. The molecule has 32 heavy (non-hydrogen) atoms. The Morgan fingerprint density at radius 1 is 1.38 bits per heavy atom. The monoisotopic (exact) mass is 479 g/mol. The van der Waals surface area contributed by atoms with Crippen molar-refractivity contribution >= 4 is 21.0 Å². The van der Waals surface area contributed by atoms with E-state index in [1.165, 1.54) is 7.11 Å². The molecule has 0 bridgehead atoms. The smallest absolute Gasteiger partial charge is 0.412 e. The number of aliphatic hydroxyl groups excluding tert-OH is 1. The lowest BCUT2D eigenvalue weighted by atomic mass is 9.84. The fraction of sp³-hybridized carbons (Fsp3) is 0.737. The molecule has 0 saturated carbocycles. The Labute approximate surface area is 186 Å². The average Bonchev–Trinajstić information content (AvgIpc) is 2.88. The van der Waals surface area contributed by atoms with Gasteiger partial charge in [-0.05, 0) is 24.6 Å². The Hall–Kier alpha value is -1.93. The zero-order valence-electron chi connectivity index (χ0n) is 19.1. The molecule has 1 fully saturated rings. The molecule has 10 nitrogen and oxygen atoms in total. The molecule has 0 radical (unpaired) electrons. The number of halogens is 2. The molecule has 3 atom stereocenters. The number of nitrogens with zero attached hydrogens (tertiary/aromatic N) is 2. The Morgan fingerprint density at radius 2 is 2.03 bits per heavy atom. The summed E-state index contributed by atoms with van der Waals surface area (Å²) in [4.78, 5) is 28.2. The van der Waals surface area contributed by atoms with Crippen LogP contribution < -0.4 is 11.0 Å². The summed E-state index contributed by atoms with van der Waals surface area (Å²) >= 11 is 0. The number of carbonyl (C=O) groups excluding carboxylic acids is 1. The predicted molar refractivity (Wildman–Crippen MR) is 113 cm³/mol. The Bertz CT molecular complexity index is 862. The lowest BCUT2D eigenvalue weighted by molar-refractivity contribution is -0.237. The fourth-order valence-electron chi connectivity index (χ4n) is 3.23. The summed E-state index contributed by atoms with van der Waals surface area (Å²) in [5.74, 6) is -4.06. The molecule has 1 amide bonds. The van der Waals surface area contributed by atoms with Crippen molar-refractivity contribution in [2.24, 2.45) is 5.41 Å². The fourth-order valence-corrected chi connectivity index (χ4v) is 3.79. The van der Waals surface area contributed by atoms with E-state index in [4.69, 9.17) is 18.6 Å². The number of carbonyl (C=O) groups is 1. The van der Waals surface area contributed by atoms with Crippen LogP contribution in [0, 0.1) is 5.41 Å². The third-order valence-corrected chi connectivity index (χ3v) is 5.74. The maximum absolute atomic E-state index is 15.5. The molecule has 13 heteroatoms. The van der Waals surface area contributed by atoms with Gasteiger partial charge in [-0.3, -0.25) is 9.88 Å². The highest BCUT2D eigenvalue weighted by Crippen LogP contribution is 2.51. The van der Waals surface area contributed by atoms with Crippen LogP contribution in [0.15, 0.2) is 17.1 Å². The van der Waals surface area contributed by atoms with Gasteiger partial charge in [0.25, 0.3) is 0 Å². The largest absolute Gasteiger partial charge is 0.447 e. The van der Waals surface area contributed by atoms with E-state index in [1.54, 1.807) is 33.9 Å². The van der Waals surface area contributed by atoms with Crippen molar-refractivity contribution in [3.8, 4) is 0 Å². The van der Waals surface area contributed by atoms with Crippen molar-refractivity contribution in [1.82, 2.24) is 9.55 Å². The molecule has 1 saturated heterocycles. The Balaban J connectivity index is 2.43. The molecule has 182 valence electrons. The summed E-state index contributed by atoms with van der Waals surface area (Å²) in [7, 11) is -0.372. The first-order valence-electron chi connectivity index (χ1n) is 10.1. The van der Waals surface area contributed by atoms with E-state index in [1.807, 2.05) is 0 Å². The van der Waals surface area contributed by atoms with Gasteiger partial charge in [0.05, 0.1) is 19.3 Å². The molecule has 1 aromatic rings. The van der Waals surface area contributed by atoms with E-state index in [9.17, 15) is 14.7 Å². The molecule has 0 aliphatic carbocycles. The maximum atomic E-state index is 15.5. The second kappa shape index (κ2) is 9.91. The van der Waals surface area contributed by atoms with E-state index >= 15 is 8.78 Å². The van der Waals surface area contributed by atoms with Crippen LogP contribution >= 0.6 is 0 Å². The number of rotatable bonds is 8. The average molecular weight is 480 g/mol. The first-order valence-corrected chi connectivity index (χ1v) is 12.9. The van der Waals surface area contributed by atoms with E-state index < -0.39 is 56.7 Å². The lowest BCUT2D eigenvalue weighted by Gasteiger charge is -2.36. The minimum Gasteiger partial charge on any atom is -0.447 e. The molecule has 2 N–H and O–H groups in total. The molecule has 1 aromatic heterocycles. The second-order valence-electron chi connectivity index (χ2n) is 8.84. The third-order valence-electron chi connectivity index (χ3n) is 4.91. The van der Waals surface area contributed by atoms with Gasteiger partial charge in [-0.1, -0.05) is 20.8 Å². The van der Waals surface area contributed by atoms with Crippen LogP contribution in [-0.2, 0) is 24.4 Å². The number of aromatic nitrogens is 2. The van der Waals surface area contributed by atoms with E-state index in [2.05, 4.69) is 10.3 Å². The van der Waals surface area contributed by atoms with Crippen LogP contribution in [0.1, 0.15) is 20.8 Å². The quantitative estimate of drug-likeness (QED) is 0.425. The van der Waals surface area contributed by atoms with Gasteiger partial charge in [0.15, 0.2) is 9.04 Å². The van der Waals surface area contributed by atoms with Crippen molar-refractivity contribution < 1.29 is 37.3 Å². The number of methoxy groups -OCH3 is 1. The number of hydrogen-bond donors (Lipinski definition) is 2. The number of nitrogens with one attached hydrogen (secondary N) is 1. The number of alkyl halides is 2. The van der Waals surface area contributed by atoms with Gasteiger partial charge in [-0.15, -0.1) is 0 Å². The summed E-state index contributed by atoms with van der Waals surface area (Å²) < 4.78 is 52.5. The summed E-state index contributed by atoms with van der Waals surface area (Å²) in [6.07, 6.45) is -3.33. The van der Waals surface area contributed by atoms with E-state index in [0.29, 0.717) is 4.57 Å². The van der Waals surface area contributed by atoms with Crippen LogP contribution in [-0.4, -0.2) is 74.9 Å². The SMILES string of the molecule is COCCOC(=O)Nc1ccn([C@]2(CO[SiH](C)C)O[C@H](C(C)(C)C)[C@@H](O)C2(F)F)c(=O)n1. The zero-order valence-corrected chi connectivity index (χ0v) is 20.2. The third kappa shape index (κ3) is 5.34. The van der Waals surface area contributed by atoms with Gasteiger partial charge in [-0.25, -0.2) is 9.59 Å². The van der Waals surface area contributed by atoms with Crippen LogP contribution in [0.3, 0.4) is 0 Å². The van der Waals surface area contributed by atoms with Gasteiger partial charge >= 0.3 is 17.7 Å². The molecule has 2 heterocycles. The van der Waals surface area contributed by atoms with Crippen molar-refractivity contribution in [3.63, 3.8) is 0 Å². The van der Waals surface area contributed by atoms with Gasteiger partial charge in [-0.2, -0.15) is 13.8 Å². The molecule has 1 aliphatic rings. The first kappa shape index (κ1) is 26.3. The van der Waals surface area contributed by atoms with Crippen LogP contribution in [0.4, 0.5) is 19.4 Å². The highest BCUT2D eigenvalue weighted by molar-refractivity contribution is 6.48. The predicted octanol–water partition coefficient (Wildman–Crippen LogP) is 1.53. The number of anilines is 1. The van der Waals surface area contributed by atoms with Crippen molar-refractivity contribution in [1.29, 1.82) is 0 Å². The van der Waals surface area contributed by atoms with Gasteiger partial charge in [0, 0.05) is 13.3 Å². The number of aliphatic hydroxyl groups is 1. The highest BCUT2D eigenvalue weighted by atomic mass is 28.3. The molecule has 2 rings (SSSR count). The standard InChI is InChI=1S/C19H31F2N3O7Si/c1-17(2,3)14-13(25)19(20,21)18(31-14,11-30-32(5)6)24-8-7-12(22-15(24)26)23-16(27)29-10-9-28-4/h7-8,13-14,25,32H,9-11H2,1-6H3,(H,22,23,26,27)/t13-,14+,18-/m1/s1. The van der Waals surface area contributed by atoms with E-state index in [-0.39, 0.29) is 19.0 Å². The number of hydrogen-bond acceptors (Lipinski definition) is 8. The first-order chi connectivity index (χ1) is 14.8. The van der Waals surface area contributed by atoms with Gasteiger partial charge < -0.3 is 23.7 Å². The minimum absolute atomic E-state index is 0.0227. The summed E-state index contributed by atoms with van der Waals surface area (Å²) in [5, 5.41) is 12.7. The number of amides is 1. The molecule has 1 aliphatic heterocycles. The van der Waals surface area contributed by atoms with Crippen LogP contribution in [0.5, 0.6) is 0 Å². The van der Waals surface area contributed by atoms with Crippen LogP contribution in [0.2, 0.25) is 13.1 Å². The molecular weight excluding hydrogens is 448 g/mol. The van der Waals surface area contributed by atoms with E-state index in [0.717, 1.165) is 12.3 Å². The minimum atomic E-state index is -3.87. The van der Waals surface area contributed by atoms with Crippen molar-refractivity contribution in [2.45, 2.75) is 57.7 Å². The summed E-state index contributed by atoms with van der Waals surface area (Å²) in [6, 6.07) is 1.16. The second-order valence-corrected chi connectivity index (χ2v) is 11.3. The molecule has 0 spiro atoms. The summed E-state index contributed by atoms with van der Waals surface area (Å²) in [6.45, 7) is 8.00. The van der Waals surface area contributed by atoms with Gasteiger partial charge in [0.2, 0.25) is 5.72 Å². The zero-order chi connectivity index (χ0) is 24.3. The Morgan fingerprint density at radius 3 is 2.53 bits per heavy atom.